The van der Waals surface area contributed by atoms with E-state index in [4.69, 9.17) is 4.74 Å². The lowest BCUT2D eigenvalue weighted by atomic mass is 9.80. The van der Waals surface area contributed by atoms with Gasteiger partial charge in [-0.3, -0.25) is 0 Å². The first-order valence-electron chi connectivity index (χ1n) is 9.34. The Labute approximate surface area is 126 Å². The van der Waals surface area contributed by atoms with Crippen LogP contribution in [-0.2, 0) is 4.74 Å². The third-order valence-corrected chi connectivity index (χ3v) is 5.73. The molecule has 0 heterocycles. The van der Waals surface area contributed by atoms with Crippen LogP contribution in [0, 0.1) is 17.8 Å². The van der Waals surface area contributed by atoms with Gasteiger partial charge in [0.15, 0.2) is 0 Å². The van der Waals surface area contributed by atoms with Gasteiger partial charge in [0.05, 0.1) is 12.2 Å². The maximum atomic E-state index is 6.47. The molecule has 0 amide bonds. The Balaban J connectivity index is 1.64. The summed E-state index contributed by atoms with van der Waals surface area (Å²) in [5.74, 6) is 2.70. The van der Waals surface area contributed by atoms with Crippen LogP contribution in [0.1, 0.15) is 91.4 Å². The molecular formula is C19H36O. The minimum absolute atomic E-state index is 0.563. The van der Waals surface area contributed by atoms with E-state index in [1.165, 1.54) is 70.6 Å². The molecule has 0 aromatic heterocycles. The first kappa shape index (κ1) is 16.3. The fourth-order valence-electron chi connectivity index (χ4n) is 4.33. The first-order valence-corrected chi connectivity index (χ1v) is 9.34. The average molecular weight is 280 g/mol. The van der Waals surface area contributed by atoms with Gasteiger partial charge in [0.1, 0.15) is 0 Å². The van der Waals surface area contributed by atoms with Crippen molar-refractivity contribution in [2.24, 2.45) is 17.8 Å². The third-order valence-electron chi connectivity index (χ3n) is 5.73. The second kappa shape index (κ2) is 8.41. The van der Waals surface area contributed by atoms with Crippen LogP contribution in [0.5, 0.6) is 0 Å². The lowest BCUT2D eigenvalue weighted by molar-refractivity contribution is -0.0792. The maximum Gasteiger partial charge on any atom is 0.0604 e. The Kier molecular flexibility index (Phi) is 6.87. The van der Waals surface area contributed by atoms with Crippen molar-refractivity contribution in [3.63, 3.8) is 0 Å². The van der Waals surface area contributed by atoms with Crippen molar-refractivity contribution >= 4 is 0 Å². The minimum atomic E-state index is 0.563. The molecule has 0 bridgehead atoms. The van der Waals surface area contributed by atoms with Crippen LogP contribution in [0.15, 0.2) is 0 Å². The summed E-state index contributed by atoms with van der Waals surface area (Å²) >= 11 is 0. The van der Waals surface area contributed by atoms with E-state index in [2.05, 4.69) is 20.8 Å². The predicted molar refractivity (Wildman–Crippen MR) is 86.9 cm³/mol. The Morgan fingerprint density at radius 3 is 2.30 bits per heavy atom. The molecule has 0 saturated heterocycles. The van der Waals surface area contributed by atoms with Gasteiger partial charge in [-0.1, -0.05) is 46.5 Å². The van der Waals surface area contributed by atoms with Crippen LogP contribution in [0.4, 0.5) is 0 Å². The van der Waals surface area contributed by atoms with E-state index in [1.807, 2.05) is 0 Å². The van der Waals surface area contributed by atoms with Gasteiger partial charge in [-0.25, -0.2) is 0 Å². The van der Waals surface area contributed by atoms with E-state index in [0.717, 1.165) is 17.8 Å². The fourth-order valence-corrected chi connectivity index (χ4v) is 4.33. The van der Waals surface area contributed by atoms with Crippen LogP contribution < -0.4 is 0 Å². The van der Waals surface area contributed by atoms with Crippen molar-refractivity contribution in [3.05, 3.63) is 0 Å². The standard InChI is InChI=1S/C19H36O/c1-4-5-6-7-17-9-11-18(12-10-17)20-19-13-8-15(2)14-16(19)3/h15-19H,4-14H2,1-3H3. The third kappa shape index (κ3) is 5.06. The highest BCUT2D eigenvalue weighted by Crippen LogP contribution is 2.35. The monoisotopic (exact) mass is 280 g/mol. The highest BCUT2D eigenvalue weighted by atomic mass is 16.5. The van der Waals surface area contributed by atoms with Crippen LogP contribution in [0.2, 0.25) is 0 Å². The second-order valence-electron chi connectivity index (χ2n) is 7.71. The highest BCUT2D eigenvalue weighted by Gasteiger charge is 2.30. The lowest BCUT2D eigenvalue weighted by Crippen LogP contribution is -2.34. The molecule has 0 radical (unpaired) electrons. The van der Waals surface area contributed by atoms with Crippen molar-refractivity contribution in [1.29, 1.82) is 0 Å². The summed E-state index contributed by atoms with van der Waals surface area (Å²) in [4.78, 5) is 0. The van der Waals surface area contributed by atoms with Gasteiger partial charge in [0.2, 0.25) is 0 Å². The van der Waals surface area contributed by atoms with E-state index in [-0.39, 0.29) is 0 Å². The van der Waals surface area contributed by atoms with E-state index < -0.39 is 0 Å². The summed E-state index contributed by atoms with van der Waals surface area (Å²) in [5, 5.41) is 0. The summed E-state index contributed by atoms with van der Waals surface area (Å²) in [6.07, 6.45) is 16.4. The fraction of sp³-hybridized carbons (Fsp3) is 1.00. The normalized spacial score (nSPS) is 38.9. The van der Waals surface area contributed by atoms with Crippen LogP contribution in [-0.4, -0.2) is 12.2 Å². The van der Waals surface area contributed by atoms with Crippen molar-refractivity contribution < 1.29 is 4.74 Å². The van der Waals surface area contributed by atoms with Crippen molar-refractivity contribution in [2.75, 3.05) is 0 Å². The molecular weight excluding hydrogens is 244 g/mol. The molecule has 0 aliphatic heterocycles. The van der Waals surface area contributed by atoms with Gasteiger partial charge in [0.25, 0.3) is 0 Å². The molecule has 20 heavy (non-hydrogen) atoms. The van der Waals surface area contributed by atoms with Crippen LogP contribution in [0.3, 0.4) is 0 Å². The van der Waals surface area contributed by atoms with E-state index in [1.54, 1.807) is 0 Å². The molecule has 2 aliphatic carbocycles. The number of hydrogen-bond donors (Lipinski definition) is 0. The zero-order chi connectivity index (χ0) is 14.4. The quantitative estimate of drug-likeness (QED) is 0.545. The summed E-state index contributed by atoms with van der Waals surface area (Å²) in [6, 6.07) is 0. The summed E-state index contributed by atoms with van der Waals surface area (Å²) in [7, 11) is 0. The molecule has 2 saturated carbocycles. The van der Waals surface area contributed by atoms with Gasteiger partial charge < -0.3 is 4.74 Å². The molecule has 1 nitrogen and oxygen atoms in total. The molecule has 0 N–H and O–H groups in total. The topological polar surface area (TPSA) is 9.23 Å². The van der Waals surface area contributed by atoms with Crippen LogP contribution >= 0.6 is 0 Å². The average Bonchev–Trinajstić information content (AvgIpc) is 2.44. The second-order valence-corrected chi connectivity index (χ2v) is 7.71. The zero-order valence-corrected chi connectivity index (χ0v) is 14.1. The van der Waals surface area contributed by atoms with Gasteiger partial charge in [-0.15, -0.1) is 0 Å². The maximum absolute atomic E-state index is 6.47. The molecule has 2 aliphatic rings. The van der Waals surface area contributed by atoms with Crippen molar-refractivity contribution in [1.82, 2.24) is 0 Å². The van der Waals surface area contributed by atoms with E-state index in [0.29, 0.717) is 12.2 Å². The summed E-state index contributed by atoms with van der Waals surface area (Å²) < 4.78 is 6.47. The van der Waals surface area contributed by atoms with Gasteiger partial charge in [-0.2, -0.15) is 0 Å². The van der Waals surface area contributed by atoms with Crippen molar-refractivity contribution in [2.45, 2.75) is 104 Å². The van der Waals surface area contributed by atoms with Gasteiger partial charge in [0, 0.05) is 0 Å². The Hall–Kier alpha value is -0.0400. The molecule has 0 aromatic rings. The SMILES string of the molecule is CCCCCC1CCC(OC2CCC(C)CC2C)CC1. The smallest absolute Gasteiger partial charge is 0.0604 e. The molecule has 118 valence electrons. The van der Waals surface area contributed by atoms with Gasteiger partial charge >= 0.3 is 0 Å². The predicted octanol–water partition coefficient (Wildman–Crippen LogP) is 5.97. The molecule has 2 rings (SSSR count). The van der Waals surface area contributed by atoms with Crippen molar-refractivity contribution in [3.8, 4) is 0 Å². The Morgan fingerprint density at radius 1 is 0.900 bits per heavy atom. The molecule has 0 aromatic carbocycles. The molecule has 2 fully saturated rings. The molecule has 1 heteroatoms. The van der Waals surface area contributed by atoms with E-state index >= 15 is 0 Å². The summed E-state index contributed by atoms with van der Waals surface area (Å²) in [5.41, 5.74) is 0. The number of rotatable bonds is 6. The highest BCUT2D eigenvalue weighted by molar-refractivity contribution is 4.80. The van der Waals surface area contributed by atoms with Gasteiger partial charge in [-0.05, 0) is 62.7 Å². The minimum Gasteiger partial charge on any atom is -0.375 e. The summed E-state index contributed by atoms with van der Waals surface area (Å²) in [6.45, 7) is 7.10. The van der Waals surface area contributed by atoms with E-state index in [9.17, 15) is 0 Å². The number of hydrogen-bond acceptors (Lipinski definition) is 1. The first-order chi connectivity index (χ1) is 9.69. The lowest BCUT2D eigenvalue weighted by Gasteiger charge is -2.37. The zero-order valence-electron chi connectivity index (χ0n) is 14.1. The number of ether oxygens (including phenoxy) is 1. The Morgan fingerprint density at radius 2 is 1.65 bits per heavy atom. The molecule has 3 unspecified atom stereocenters. The van der Waals surface area contributed by atoms with Crippen LogP contribution in [0.25, 0.3) is 0 Å². The largest absolute Gasteiger partial charge is 0.375 e. The molecule has 0 spiro atoms. The number of unbranched alkanes of at least 4 members (excludes halogenated alkanes) is 2. The Bertz CT molecular complexity index is 254. The molecule has 3 atom stereocenters.